The zero-order valence-corrected chi connectivity index (χ0v) is 17.1. The molecule has 2 N–H and O–H groups in total. The Morgan fingerprint density at radius 3 is 2.61 bits per heavy atom. The summed E-state index contributed by atoms with van der Waals surface area (Å²) in [6.45, 7) is 4.01. The lowest BCUT2D eigenvalue weighted by Gasteiger charge is -2.11. The van der Waals surface area contributed by atoms with Crippen molar-refractivity contribution in [3.05, 3.63) is 64.3 Å². The van der Waals surface area contributed by atoms with Gasteiger partial charge in [0.1, 0.15) is 17.4 Å². The molecule has 0 aliphatic heterocycles. The SMILES string of the molecule is CCCCc1ccc(NC(=O)/C(C#N)=C\Nc2cc(C)c(Cl)cc2OC)cc1. The van der Waals surface area contributed by atoms with E-state index in [1.807, 2.05) is 37.3 Å². The first-order valence-corrected chi connectivity index (χ1v) is 9.47. The summed E-state index contributed by atoms with van der Waals surface area (Å²) in [6.07, 6.45) is 4.64. The molecule has 0 saturated heterocycles. The van der Waals surface area contributed by atoms with Gasteiger partial charge in [0.25, 0.3) is 5.91 Å². The molecular weight excluding hydrogens is 374 g/mol. The van der Waals surface area contributed by atoms with E-state index in [4.69, 9.17) is 16.3 Å². The number of carbonyl (C=O) groups is 1. The summed E-state index contributed by atoms with van der Waals surface area (Å²) >= 11 is 6.09. The Balaban J connectivity index is 2.09. The fourth-order valence-corrected chi connectivity index (χ4v) is 2.73. The Bertz CT molecular complexity index is 899. The Labute approximate surface area is 171 Å². The number of ether oxygens (including phenoxy) is 1. The van der Waals surface area contributed by atoms with Crippen LogP contribution in [0.1, 0.15) is 30.9 Å². The zero-order chi connectivity index (χ0) is 20.5. The molecule has 2 rings (SSSR count). The van der Waals surface area contributed by atoms with Crippen molar-refractivity contribution in [1.82, 2.24) is 0 Å². The fraction of sp³-hybridized carbons (Fsp3) is 0.273. The van der Waals surface area contributed by atoms with E-state index in [1.54, 1.807) is 12.1 Å². The molecule has 6 heteroatoms. The average Bonchev–Trinajstić information content (AvgIpc) is 2.70. The molecule has 28 heavy (non-hydrogen) atoms. The van der Waals surface area contributed by atoms with Gasteiger partial charge in [0.2, 0.25) is 0 Å². The number of unbranched alkanes of at least 4 members (excludes halogenated alkanes) is 1. The first-order chi connectivity index (χ1) is 13.5. The van der Waals surface area contributed by atoms with E-state index in [0.29, 0.717) is 22.1 Å². The number of nitrogens with zero attached hydrogens (tertiary/aromatic N) is 1. The number of aryl methyl sites for hydroxylation is 2. The third-order valence-electron chi connectivity index (χ3n) is 4.25. The van der Waals surface area contributed by atoms with E-state index in [-0.39, 0.29) is 5.57 Å². The van der Waals surface area contributed by atoms with Crippen LogP contribution in [0.4, 0.5) is 11.4 Å². The highest BCUT2D eigenvalue weighted by Gasteiger charge is 2.11. The minimum Gasteiger partial charge on any atom is -0.495 e. The van der Waals surface area contributed by atoms with Crippen molar-refractivity contribution < 1.29 is 9.53 Å². The second kappa shape index (κ2) is 10.4. The molecule has 0 fully saturated rings. The van der Waals surface area contributed by atoms with Crippen molar-refractivity contribution >= 4 is 28.9 Å². The summed E-state index contributed by atoms with van der Waals surface area (Å²) in [5.74, 6) is 0.0353. The predicted octanol–water partition coefficient (Wildman–Crippen LogP) is 5.46. The first-order valence-electron chi connectivity index (χ1n) is 9.09. The van der Waals surface area contributed by atoms with Crippen LogP contribution in [0.25, 0.3) is 0 Å². The second-order valence-corrected chi connectivity index (χ2v) is 6.78. The molecule has 2 aromatic carbocycles. The van der Waals surface area contributed by atoms with Gasteiger partial charge < -0.3 is 15.4 Å². The second-order valence-electron chi connectivity index (χ2n) is 6.37. The van der Waals surface area contributed by atoms with E-state index < -0.39 is 5.91 Å². The molecular formula is C22H24ClN3O2. The Hall–Kier alpha value is -2.97. The van der Waals surface area contributed by atoms with Crippen molar-refractivity contribution in [3.63, 3.8) is 0 Å². The van der Waals surface area contributed by atoms with Gasteiger partial charge in [0.15, 0.2) is 0 Å². The number of benzene rings is 2. The van der Waals surface area contributed by atoms with Crippen LogP contribution in [0.15, 0.2) is 48.2 Å². The van der Waals surface area contributed by atoms with Crippen molar-refractivity contribution in [2.45, 2.75) is 33.1 Å². The Morgan fingerprint density at radius 1 is 1.29 bits per heavy atom. The number of methoxy groups -OCH3 is 1. The lowest BCUT2D eigenvalue weighted by molar-refractivity contribution is -0.112. The average molecular weight is 398 g/mol. The molecule has 146 valence electrons. The molecule has 0 radical (unpaired) electrons. The maximum atomic E-state index is 12.4. The van der Waals surface area contributed by atoms with Crippen LogP contribution in [0.5, 0.6) is 5.75 Å². The monoisotopic (exact) mass is 397 g/mol. The van der Waals surface area contributed by atoms with Crippen LogP contribution in [0.2, 0.25) is 5.02 Å². The van der Waals surface area contributed by atoms with Crippen LogP contribution in [0, 0.1) is 18.3 Å². The largest absolute Gasteiger partial charge is 0.495 e. The van der Waals surface area contributed by atoms with E-state index in [9.17, 15) is 10.1 Å². The van der Waals surface area contributed by atoms with Crippen LogP contribution >= 0.6 is 11.6 Å². The standard InChI is InChI=1S/C22H24ClN3O2/c1-4-5-6-16-7-9-18(10-8-16)26-22(27)17(13-24)14-25-20-11-15(2)19(23)12-21(20)28-3/h7-12,14,25H,4-6H2,1-3H3,(H,26,27)/b17-14-. The van der Waals surface area contributed by atoms with Gasteiger partial charge in [-0.2, -0.15) is 5.26 Å². The first kappa shape index (κ1) is 21.3. The van der Waals surface area contributed by atoms with Crippen LogP contribution in [0.3, 0.4) is 0 Å². The van der Waals surface area contributed by atoms with E-state index >= 15 is 0 Å². The summed E-state index contributed by atoms with van der Waals surface area (Å²) in [5, 5.41) is 15.6. The molecule has 0 heterocycles. The molecule has 0 saturated carbocycles. The van der Waals surface area contributed by atoms with Gasteiger partial charge in [-0.05, 0) is 49.1 Å². The minimum absolute atomic E-state index is 0.0512. The molecule has 0 aliphatic carbocycles. The van der Waals surface area contributed by atoms with Crippen molar-refractivity contribution in [1.29, 1.82) is 5.26 Å². The van der Waals surface area contributed by atoms with E-state index in [2.05, 4.69) is 17.6 Å². The van der Waals surface area contributed by atoms with Gasteiger partial charge in [-0.3, -0.25) is 4.79 Å². The molecule has 0 spiro atoms. The quantitative estimate of drug-likeness (QED) is 0.458. The smallest absolute Gasteiger partial charge is 0.267 e. The van der Waals surface area contributed by atoms with Crippen molar-refractivity contribution in [3.8, 4) is 11.8 Å². The van der Waals surface area contributed by atoms with Crippen LogP contribution in [-0.4, -0.2) is 13.0 Å². The number of nitrogens with one attached hydrogen (secondary N) is 2. The lowest BCUT2D eigenvalue weighted by atomic mass is 10.1. The summed E-state index contributed by atoms with van der Waals surface area (Å²) in [4.78, 5) is 12.4. The molecule has 0 bridgehead atoms. The fourth-order valence-electron chi connectivity index (χ4n) is 2.58. The third kappa shape index (κ3) is 5.77. The summed E-state index contributed by atoms with van der Waals surface area (Å²) in [6, 6.07) is 13.0. The van der Waals surface area contributed by atoms with Gasteiger partial charge in [-0.15, -0.1) is 0 Å². The zero-order valence-electron chi connectivity index (χ0n) is 16.3. The Morgan fingerprint density at radius 2 is 2.00 bits per heavy atom. The normalized spacial score (nSPS) is 10.9. The van der Waals surface area contributed by atoms with Gasteiger partial charge in [0, 0.05) is 23.0 Å². The number of amides is 1. The highest BCUT2D eigenvalue weighted by atomic mass is 35.5. The number of anilines is 2. The van der Waals surface area contributed by atoms with E-state index in [1.165, 1.54) is 18.9 Å². The predicted molar refractivity (Wildman–Crippen MR) is 114 cm³/mol. The van der Waals surface area contributed by atoms with Crippen molar-refractivity contribution in [2.75, 3.05) is 17.7 Å². The molecule has 0 aliphatic rings. The highest BCUT2D eigenvalue weighted by molar-refractivity contribution is 6.31. The van der Waals surface area contributed by atoms with Gasteiger partial charge >= 0.3 is 0 Å². The molecule has 0 atom stereocenters. The molecule has 5 nitrogen and oxygen atoms in total. The molecule has 1 amide bonds. The van der Waals surface area contributed by atoms with Gasteiger partial charge in [-0.25, -0.2) is 0 Å². The maximum Gasteiger partial charge on any atom is 0.267 e. The number of halogens is 1. The highest BCUT2D eigenvalue weighted by Crippen LogP contribution is 2.31. The minimum atomic E-state index is -0.485. The summed E-state index contributed by atoms with van der Waals surface area (Å²) in [5.41, 5.74) is 3.29. The number of hydrogen-bond donors (Lipinski definition) is 2. The number of hydrogen-bond acceptors (Lipinski definition) is 4. The topological polar surface area (TPSA) is 74.2 Å². The third-order valence-corrected chi connectivity index (χ3v) is 4.66. The lowest BCUT2D eigenvalue weighted by Crippen LogP contribution is -2.14. The number of carbonyl (C=O) groups excluding carboxylic acids is 1. The number of rotatable bonds is 8. The molecule has 0 unspecified atom stereocenters. The van der Waals surface area contributed by atoms with Crippen LogP contribution in [-0.2, 0) is 11.2 Å². The number of nitriles is 1. The summed E-state index contributed by atoms with van der Waals surface area (Å²) < 4.78 is 5.28. The van der Waals surface area contributed by atoms with E-state index in [0.717, 1.165) is 24.8 Å². The molecule has 2 aromatic rings. The van der Waals surface area contributed by atoms with Gasteiger partial charge in [-0.1, -0.05) is 37.1 Å². The Kier molecular flexibility index (Phi) is 7.91. The van der Waals surface area contributed by atoms with Gasteiger partial charge in [0.05, 0.1) is 12.8 Å². The molecule has 0 aromatic heterocycles. The van der Waals surface area contributed by atoms with Crippen molar-refractivity contribution in [2.24, 2.45) is 0 Å². The summed E-state index contributed by atoms with van der Waals surface area (Å²) in [7, 11) is 1.53. The maximum absolute atomic E-state index is 12.4. The van der Waals surface area contributed by atoms with Crippen LogP contribution < -0.4 is 15.4 Å².